The lowest BCUT2D eigenvalue weighted by atomic mass is 10.7. The zero-order chi connectivity index (χ0) is 9.54. The van der Waals surface area contributed by atoms with Crippen molar-refractivity contribution >= 4 is 0 Å². The van der Waals surface area contributed by atoms with Crippen LogP contribution in [0.4, 0.5) is 0 Å². The number of aliphatic hydroxyl groups excluding tert-OH is 2. The fraction of sp³-hybridized carbons (Fsp3) is 1.00. The van der Waals surface area contributed by atoms with Crippen LogP contribution in [0.3, 0.4) is 0 Å². The Labute approximate surface area is 75.9 Å². The second kappa shape index (κ2) is 44.8. The Kier molecular flexibility index (Phi) is 84.5. The summed E-state index contributed by atoms with van der Waals surface area (Å²) < 4.78 is 0. The second-order valence-electron chi connectivity index (χ2n) is 1.59. The Morgan fingerprint density at radius 2 is 1.00 bits per heavy atom. The maximum atomic E-state index is 7.57. The van der Waals surface area contributed by atoms with Crippen LogP contribution in [0, 0.1) is 0 Å². The molecule has 0 amide bonds. The summed E-state index contributed by atoms with van der Waals surface area (Å²) in [7, 11) is 0. The lowest BCUT2D eigenvalue weighted by Gasteiger charge is -1.86. The van der Waals surface area contributed by atoms with Crippen molar-refractivity contribution in [3.05, 3.63) is 0 Å². The Morgan fingerprint density at radius 1 is 0.833 bits per heavy atom. The fourth-order valence-electron chi connectivity index (χ4n) is 0.250. The molecule has 0 unspecified atom stereocenters. The molecule has 0 atom stereocenters. The number of aliphatic hydroxyl groups is 2. The normalized spacial score (nSPS) is 6.50. The van der Waals surface area contributed by atoms with Crippen molar-refractivity contribution in [2.45, 2.75) is 27.7 Å². The van der Waals surface area contributed by atoms with Crippen LogP contribution in [0.1, 0.15) is 27.7 Å². The van der Waals surface area contributed by atoms with E-state index in [-0.39, 0.29) is 18.7 Å². The zero-order valence-electron chi connectivity index (χ0n) is 8.72. The molecule has 0 bridgehead atoms. The summed E-state index contributed by atoms with van der Waals surface area (Å²) in [6, 6.07) is 0. The van der Waals surface area contributed by atoms with Crippen molar-refractivity contribution < 1.29 is 15.7 Å². The number of rotatable bonds is 2. The Bertz CT molecular complexity index is 33.5. The van der Waals surface area contributed by atoms with E-state index in [0.29, 0.717) is 0 Å². The molecule has 0 rings (SSSR count). The molecule has 0 aromatic carbocycles. The molecule has 4 heteroatoms. The van der Waals surface area contributed by atoms with Gasteiger partial charge in [0.05, 0.1) is 0 Å². The maximum Gasteiger partial charge on any atom is 0.0402 e. The first-order valence-corrected chi connectivity index (χ1v) is 4.17. The van der Waals surface area contributed by atoms with Crippen LogP contribution in [-0.2, 0) is 0 Å². The van der Waals surface area contributed by atoms with E-state index in [0.717, 1.165) is 13.1 Å². The summed E-state index contributed by atoms with van der Waals surface area (Å²) in [4.78, 5) is 0. The second-order valence-corrected chi connectivity index (χ2v) is 1.59. The molecule has 0 aromatic heterocycles. The highest BCUT2D eigenvalue weighted by molar-refractivity contribution is 4.27. The summed E-state index contributed by atoms with van der Waals surface area (Å²) in [5.41, 5.74) is 0. The molecular weight excluding hydrogens is 158 g/mol. The Morgan fingerprint density at radius 3 is 1.00 bits per heavy atom. The summed E-state index contributed by atoms with van der Waals surface area (Å²) in [6.45, 7) is 10.2. The van der Waals surface area contributed by atoms with Gasteiger partial charge in [0.25, 0.3) is 0 Å². The summed E-state index contributed by atoms with van der Waals surface area (Å²) in [6.07, 6.45) is 0. The van der Waals surface area contributed by atoms with Crippen molar-refractivity contribution in [1.82, 2.24) is 5.32 Å². The molecule has 0 saturated carbocycles. The van der Waals surface area contributed by atoms with Crippen molar-refractivity contribution in [1.29, 1.82) is 0 Å². The lowest BCUT2D eigenvalue weighted by Crippen LogP contribution is -2.09. The highest BCUT2D eigenvalue weighted by Crippen LogP contribution is 1.47. The van der Waals surface area contributed by atoms with Crippen LogP contribution in [0.15, 0.2) is 0 Å². The summed E-state index contributed by atoms with van der Waals surface area (Å²) in [5.74, 6) is 0. The third-order valence-electron chi connectivity index (χ3n) is 0.500. The molecule has 0 spiro atoms. The maximum absolute atomic E-state index is 7.57. The first kappa shape index (κ1) is 22.6. The molecule has 0 heterocycles. The average molecular weight is 183 g/mol. The van der Waals surface area contributed by atoms with E-state index in [1.165, 1.54) is 0 Å². The number of nitrogens with one attached hydrogen (secondary N) is 1. The quantitative estimate of drug-likeness (QED) is 0.554. The van der Waals surface area contributed by atoms with Gasteiger partial charge >= 0.3 is 0 Å². The monoisotopic (exact) mass is 183 g/mol. The molecule has 0 aliphatic rings. The van der Waals surface area contributed by atoms with Crippen LogP contribution in [-0.4, -0.2) is 42.0 Å². The van der Waals surface area contributed by atoms with Gasteiger partial charge in [-0.05, 0) is 26.9 Å². The van der Waals surface area contributed by atoms with Gasteiger partial charge < -0.3 is 21.0 Å². The van der Waals surface area contributed by atoms with Gasteiger partial charge in [0, 0.05) is 13.2 Å². The van der Waals surface area contributed by atoms with Crippen LogP contribution in [0.25, 0.3) is 0 Å². The third kappa shape index (κ3) is 227. The van der Waals surface area contributed by atoms with Crippen molar-refractivity contribution in [2.75, 3.05) is 26.3 Å². The van der Waals surface area contributed by atoms with Crippen molar-refractivity contribution in [3.8, 4) is 0 Å². The fourth-order valence-corrected chi connectivity index (χ4v) is 0.250. The summed E-state index contributed by atoms with van der Waals surface area (Å²) in [5, 5.41) is 18.2. The minimum Gasteiger partial charge on any atom is -0.412 e. The van der Waals surface area contributed by atoms with Crippen LogP contribution in [0.5, 0.6) is 0 Å². The molecule has 0 aromatic rings. The Hall–Kier alpha value is -0.160. The predicted molar refractivity (Wildman–Crippen MR) is 53.4 cm³/mol. The van der Waals surface area contributed by atoms with Gasteiger partial charge in [-0.1, -0.05) is 13.8 Å². The standard InChI is InChI=1S/C4H11N.2C2H6O.H2O/c1-3-5-4-2;2*1-2-3;/h5H,3-4H2,1-2H3;2*3H,2H2,1H3;1H2. The highest BCUT2D eigenvalue weighted by atomic mass is 16.3. The van der Waals surface area contributed by atoms with Gasteiger partial charge in [-0.2, -0.15) is 0 Å². The third-order valence-corrected chi connectivity index (χ3v) is 0.500. The van der Waals surface area contributed by atoms with E-state index in [2.05, 4.69) is 19.2 Å². The van der Waals surface area contributed by atoms with E-state index in [1.807, 2.05) is 0 Å². The topological polar surface area (TPSA) is 84.0 Å². The van der Waals surface area contributed by atoms with E-state index in [1.54, 1.807) is 13.8 Å². The molecule has 0 fully saturated rings. The van der Waals surface area contributed by atoms with E-state index in [9.17, 15) is 0 Å². The smallest absolute Gasteiger partial charge is 0.0402 e. The highest BCUT2D eigenvalue weighted by Gasteiger charge is 1.62. The molecule has 0 saturated heterocycles. The van der Waals surface area contributed by atoms with Gasteiger partial charge in [0.15, 0.2) is 0 Å². The van der Waals surface area contributed by atoms with Gasteiger partial charge in [-0.15, -0.1) is 0 Å². The van der Waals surface area contributed by atoms with Gasteiger partial charge in [-0.25, -0.2) is 0 Å². The number of hydrogen-bond donors (Lipinski definition) is 3. The molecule has 12 heavy (non-hydrogen) atoms. The first-order chi connectivity index (χ1) is 5.24. The van der Waals surface area contributed by atoms with Crippen molar-refractivity contribution in [3.63, 3.8) is 0 Å². The van der Waals surface area contributed by atoms with Crippen LogP contribution in [0.2, 0.25) is 0 Å². The van der Waals surface area contributed by atoms with Crippen LogP contribution < -0.4 is 5.32 Å². The van der Waals surface area contributed by atoms with E-state index in [4.69, 9.17) is 10.2 Å². The largest absolute Gasteiger partial charge is 0.412 e. The summed E-state index contributed by atoms with van der Waals surface area (Å²) >= 11 is 0. The minimum atomic E-state index is 0. The van der Waals surface area contributed by atoms with Crippen LogP contribution >= 0.6 is 0 Å². The minimum absolute atomic E-state index is 0. The first-order valence-electron chi connectivity index (χ1n) is 4.17. The number of hydrogen-bond acceptors (Lipinski definition) is 3. The lowest BCUT2D eigenvalue weighted by molar-refractivity contribution is 0.318. The molecule has 0 aliphatic carbocycles. The SMILES string of the molecule is CCNCC.CCO.CCO.O. The molecule has 5 N–H and O–H groups in total. The van der Waals surface area contributed by atoms with E-state index < -0.39 is 0 Å². The molecule has 0 aliphatic heterocycles. The van der Waals surface area contributed by atoms with Gasteiger partial charge in [0.2, 0.25) is 0 Å². The van der Waals surface area contributed by atoms with Gasteiger partial charge in [-0.3, -0.25) is 0 Å². The predicted octanol–water partition coefficient (Wildman–Crippen LogP) is -0.212. The Balaban J connectivity index is -0.0000000406. The van der Waals surface area contributed by atoms with Crippen molar-refractivity contribution in [2.24, 2.45) is 0 Å². The average Bonchev–Trinajstić information content (AvgIpc) is 1.92. The van der Waals surface area contributed by atoms with E-state index >= 15 is 0 Å². The van der Waals surface area contributed by atoms with Gasteiger partial charge in [0.1, 0.15) is 0 Å². The molecule has 4 nitrogen and oxygen atoms in total. The molecular formula is C8H25NO3. The molecule has 0 radical (unpaired) electrons. The molecule has 80 valence electrons. The zero-order valence-corrected chi connectivity index (χ0v) is 8.72.